The normalized spacial score (nSPS) is 10.2. The van der Waals surface area contributed by atoms with Gasteiger partial charge in [-0.3, -0.25) is 0 Å². The topological polar surface area (TPSA) is 9.23 Å². The average Bonchev–Trinajstić information content (AvgIpc) is 1.85. The van der Waals surface area contributed by atoms with E-state index in [4.69, 9.17) is 4.74 Å². The zero-order chi connectivity index (χ0) is 8.27. The second kappa shape index (κ2) is 3.37. The Labute approximate surface area is 65.8 Å². The highest BCUT2D eigenvalue weighted by Gasteiger charge is 1.98. The third-order valence-corrected chi connectivity index (χ3v) is 1.10. The fraction of sp³-hybridized carbons (Fsp3) is 0.333. The Morgan fingerprint density at radius 1 is 1.45 bits per heavy atom. The third-order valence-electron chi connectivity index (χ3n) is 1.10. The number of hydrogen-bond acceptors (Lipinski definition) is 1. The van der Waals surface area contributed by atoms with Gasteiger partial charge in [-0.25, -0.2) is 4.39 Å². The van der Waals surface area contributed by atoms with Crippen molar-refractivity contribution in [3.63, 3.8) is 0 Å². The van der Waals surface area contributed by atoms with Crippen molar-refractivity contribution in [3.8, 4) is 5.75 Å². The van der Waals surface area contributed by atoms with E-state index in [-0.39, 0.29) is 11.9 Å². The lowest BCUT2D eigenvalue weighted by Gasteiger charge is -2.07. The number of benzene rings is 1. The standard InChI is InChI=1S/C9H10FO/c1-7(2)11-9-5-3-4-8(10)6-9/h3-5,7H,1-2H3. The van der Waals surface area contributed by atoms with Gasteiger partial charge in [-0.2, -0.15) is 0 Å². The molecule has 59 valence electrons. The van der Waals surface area contributed by atoms with Crippen molar-refractivity contribution in [1.82, 2.24) is 0 Å². The van der Waals surface area contributed by atoms with Crippen molar-refractivity contribution in [1.29, 1.82) is 0 Å². The lowest BCUT2D eigenvalue weighted by atomic mass is 10.3. The summed E-state index contributed by atoms with van der Waals surface area (Å²) in [7, 11) is 0. The van der Waals surface area contributed by atoms with Crippen molar-refractivity contribution in [3.05, 3.63) is 30.1 Å². The molecule has 1 nitrogen and oxygen atoms in total. The molecule has 0 heterocycles. The first kappa shape index (κ1) is 8.05. The Hall–Kier alpha value is -1.05. The van der Waals surface area contributed by atoms with Gasteiger partial charge in [-0.1, -0.05) is 6.07 Å². The van der Waals surface area contributed by atoms with Gasteiger partial charge >= 0.3 is 0 Å². The largest absolute Gasteiger partial charge is 0.490 e. The highest BCUT2D eigenvalue weighted by Crippen LogP contribution is 2.12. The van der Waals surface area contributed by atoms with Gasteiger partial charge in [0.2, 0.25) is 0 Å². The van der Waals surface area contributed by atoms with Gasteiger partial charge in [0.15, 0.2) is 0 Å². The summed E-state index contributed by atoms with van der Waals surface area (Å²) in [4.78, 5) is 0. The van der Waals surface area contributed by atoms with Crippen LogP contribution in [0, 0.1) is 11.9 Å². The maximum atomic E-state index is 12.5. The summed E-state index contributed by atoms with van der Waals surface area (Å²) in [5, 5.41) is 0. The minimum atomic E-state index is -0.386. The van der Waals surface area contributed by atoms with Gasteiger partial charge in [0, 0.05) is 0 Å². The van der Waals surface area contributed by atoms with E-state index in [9.17, 15) is 4.39 Å². The molecular weight excluding hydrogens is 143 g/mol. The van der Waals surface area contributed by atoms with Crippen LogP contribution in [0.5, 0.6) is 5.75 Å². The smallest absolute Gasteiger partial charge is 0.135 e. The molecule has 0 saturated heterocycles. The van der Waals surface area contributed by atoms with E-state index in [2.05, 4.69) is 6.07 Å². The summed E-state index contributed by atoms with van der Waals surface area (Å²) in [6.45, 7) is 3.78. The van der Waals surface area contributed by atoms with Crippen LogP contribution >= 0.6 is 0 Å². The van der Waals surface area contributed by atoms with E-state index in [1.54, 1.807) is 12.1 Å². The SMILES string of the molecule is CC(C)Oc1[c]c(F)ccc1. The van der Waals surface area contributed by atoms with Gasteiger partial charge in [-0.05, 0) is 26.0 Å². The maximum absolute atomic E-state index is 12.5. The van der Waals surface area contributed by atoms with Gasteiger partial charge in [0.25, 0.3) is 0 Å². The van der Waals surface area contributed by atoms with E-state index in [1.807, 2.05) is 13.8 Å². The zero-order valence-corrected chi connectivity index (χ0v) is 6.60. The second-order valence-electron chi connectivity index (χ2n) is 2.53. The van der Waals surface area contributed by atoms with Crippen molar-refractivity contribution < 1.29 is 9.13 Å². The van der Waals surface area contributed by atoms with Crippen LogP contribution in [0.2, 0.25) is 0 Å². The molecular formula is C9H10FO. The van der Waals surface area contributed by atoms with Gasteiger partial charge < -0.3 is 4.74 Å². The quantitative estimate of drug-likeness (QED) is 0.634. The van der Waals surface area contributed by atoms with Crippen molar-refractivity contribution in [2.75, 3.05) is 0 Å². The van der Waals surface area contributed by atoms with E-state index in [0.29, 0.717) is 5.75 Å². The Kier molecular flexibility index (Phi) is 2.47. The van der Waals surface area contributed by atoms with E-state index < -0.39 is 0 Å². The number of halogens is 1. The summed E-state index contributed by atoms with van der Waals surface area (Å²) >= 11 is 0. The zero-order valence-electron chi connectivity index (χ0n) is 6.60. The minimum absolute atomic E-state index is 0.0630. The fourth-order valence-electron chi connectivity index (χ4n) is 0.744. The van der Waals surface area contributed by atoms with Crippen LogP contribution in [-0.2, 0) is 0 Å². The lowest BCUT2D eigenvalue weighted by Crippen LogP contribution is -2.05. The van der Waals surface area contributed by atoms with Crippen molar-refractivity contribution in [2.24, 2.45) is 0 Å². The molecule has 0 saturated carbocycles. The summed E-state index contributed by atoms with van der Waals surface area (Å²) < 4.78 is 17.7. The summed E-state index contributed by atoms with van der Waals surface area (Å²) in [5.74, 6) is 0.0724. The van der Waals surface area contributed by atoms with E-state index >= 15 is 0 Å². The molecule has 0 fully saturated rings. The van der Waals surface area contributed by atoms with Gasteiger partial charge in [-0.15, -0.1) is 0 Å². The fourth-order valence-corrected chi connectivity index (χ4v) is 0.744. The lowest BCUT2D eigenvalue weighted by molar-refractivity contribution is 0.241. The van der Waals surface area contributed by atoms with Gasteiger partial charge in [0.05, 0.1) is 12.2 Å². The molecule has 0 aliphatic rings. The summed E-state index contributed by atoms with van der Waals surface area (Å²) in [5.41, 5.74) is 0. The van der Waals surface area contributed by atoms with Crippen LogP contribution in [0.1, 0.15) is 13.8 Å². The molecule has 0 aliphatic carbocycles. The number of ether oxygens (including phenoxy) is 1. The predicted molar refractivity (Wildman–Crippen MR) is 41.0 cm³/mol. The van der Waals surface area contributed by atoms with Crippen LogP contribution in [-0.4, -0.2) is 6.10 Å². The molecule has 1 radical (unpaired) electrons. The molecule has 0 bridgehead atoms. The van der Waals surface area contributed by atoms with Crippen LogP contribution in [0.25, 0.3) is 0 Å². The number of hydrogen-bond donors (Lipinski definition) is 0. The van der Waals surface area contributed by atoms with E-state index in [1.165, 1.54) is 6.07 Å². The Morgan fingerprint density at radius 3 is 2.73 bits per heavy atom. The third kappa shape index (κ3) is 2.58. The molecule has 1 aromatic carbocycles. The monoisotopic (exact) mass is 153 g/mol. The maximum Gasteiger partial charge on any atom is 0.135 e. The summed E-state index contributed by atoms with van der Waals surface area (Å²) in [6.07, 6.45) is 0.0630. The van der Waals surface area contributed by atoms with Crippen LogP contribution < -0.4 is 4.74 Å². The predicted octanol–water partition coefficient (Wildman–Crippen LogP) is 2.41. The van der Waals surface area contributed by atoms with E-state index in [0.717, 1.165) is 0 Å². The molecule has 0 spiro atoms. The highest BCUT2D eigenvalue weighted by molar-refractivity contribution is 5.20. The molecule has 0 atom stereocenters. The first-order valence-corrected chi connectivity index (χ1v) is 3.53. The molecule has 1 aromatic rings. The highest BCUT2D eigenvalue weighted by atomic mass is 19.1. The molecule has 11 heavy (non-hydrogen) atoms. The van der Waals surface area contributed by atoms with Crippen molar-refractivity contribution in [2.45, 2.75) is 20.0 Å². The number of rotatable bonds is 2. The molecule has 0 amide bonds. The van der Waals surface area contributed by atoms with Crippen LogP contribution in [0.4, 0.5) is 4.39 Å². The van der Waals surface area contributed by atoms with Crippen LogP contribution in [0.3, 0.4) is 0 Å². The Balaban J connectivity index is 2.71. The first-order valence-electron chi connectivity index (χ1n) is 3.53. The first-order chi connectivity index (χ1) is 5.18. The Bertz CT molecular complexity index is 233. The minimum Gasteiger partial charge on any atom is -0.490 e. The summed E-state index contributed by atoms with van der Waals surface area (Å²) in [6, 6.07) is 7.07. The van der Waals surface area contributed by atoms with Crippen molar-refractivity contribution >= 4 is 0 Å². The molecule has 0 aliphatic heterocycles. The molecule has 2 heteroatoms. The molecule has 0 aromatic heterocycles. The molecule has 1 rings (SSSR count). The second-order valence-corrected chi connectivity index (χ2v) is 2.53. The molecule has 0 unspecified atom stereocenters. The molecule has 0 N–H and O–H groups in total. The van der Waals surface area contributed by atoms with Gasteiger partial charge in [0.1, 0.15) is 11.6 Å². The Morgan fingerprint density at radius 2 is 2.18 bits per heavy atom. The van der Waals surface area contributed by atoms with Crippen LogP contribution in [0.15, 0.2) is 18.2 Å². The average molecular weight is 153 g/mol.